The molecule has 0 spiro atoms. The fourth-order valence-corrected chi connectivity index (χ4v) is 1.96. The lowest BCUT2D eigenvalue weighted by atomic mass is 10.0. The standard InChI is InChI=1S/C12H21N2O3S/c1-9(2)6-10(7-15)14-12(17)11(13-8-16)4-5-18-3/h8-11H,4-6H2,1-3H3,(H,13,16)(H,14,17). The van der Waals surface area contributed by atoms with Gasteiger partial charge in [-0.1, -0.05) is 13.8 Å². The van der Waals surface area contributed by atoms with Gasteiger partial charge in [-0.2, -0.15) is 11.8 Å². The van der Waals surface area contributed by atoms with Crippen LogP contribution in [0, 0.1) is 5.92 Å². The number of amides is 2. The molecule has 2 amide bonds. The molecule has 0 aliphatic carbocycles. The van der Waals surface area contributed by atoms with E-state index in [1.54, 1.807) is 11.8 Å². The molecule has 1 radical (unpaired) electrons. The highest BCUT2D eigenvalue weighted by molar-refractivity contribution is 7.98. The molecule has 2 unspecified atom stereocenters. The molecule has 2 atom stereocenters. The molecule has 0 aromatic rings. The summed E-state index contributed by atoms with van der Waals surface area (Å²) in [5.74, 6) is 0.726. The average molecular weight is 273 g/mol. The van der Waals surface area contributed by atoms with Gasteiger partial charge in [-0.25, -0.2) is 0 Å². The Bertz CT molecular complexity index is 272. The Morgan fingerprint density at radius 1 is 1.44 bits per heavy atom. The summed E-state index contributed by atoms with van der Waals surface area (Å²) in [5, 5.41) is 5.06. The maximum absolute atomic E-state index is 11.9. The van der Waals surface area contributed by atoms with Crippen molar-refractivity contribution in [3.8, 4) is 0 Å². The van der Waals surface area contributed by atoms with Crippen molar-refractivity contribution in [2.24, 2.45) is 5.92 Å². The van der Waals surface area contributed by atoms with E-state index in [1.807, 2.05) is 26.4 Å². The first kappa shape index (κ1) is 17.0. The van der Waals surface area contributed by atoms with Crippen molar-refractivity contribution in [1.82, 2.24) is 10.6 Å². The Hall–Kier alpha value is -1.04. The van der Waals surface area contributed by atoms with Crippen molar-refractivity contribution in [2.75, 3.05) is 12.0 Å². The summed E-state index contributed by atoms with van der Waals surface area (Å²) >= 11 is 1.60. The first-order chi connectivity index (χ1) is 8.54. The fraction of sp³-hybridized carbons (Fsp3) is 0.750. The quantitative estimate of drug-likeness (QED) is 0.568. The number of nitrogens with one attached hydrogen (secondary N) is 2. The predicted molar refractivity (Wildman–Crippen MR) is 73.1 cm³/mol. The summed E-state index contributed by atoms with van der Waals surface area (Å²) in [7, 11) is 0. The molecule has 0 aromatic heterocycles. The third kappa shape index (κ3) is 7.32. The van der Waals surface area contributed by atoms with E-state index in [0.29, 0.717) is 25.2 Å². The van der Waals surface area contributed by atoms with Crippen LogP contribution in [0.2, 0.25) is 0 Å². The molecule has 0 aliphatic heterocycles. The van der Waals surface area contributed by atoms with Crippen molar-refractivity contribution in [3.63, 3.8) is 0 Å². The lowest BCUT2D eigenvalue weighted by molar-refractivity contribution is -0.125. The van der Waals surface area contributed by atoms with Gasteiger partial charge in [0.25, 0.3) is 0 Å². The minimum Gasteiger partial charge on any atom is -0.347 e. The molecule has 0 saturated heterocycles. The van der Waals surface area contributed by atoms with E-state index in [4.69, 9.17) is 0 Å². The van der Waals surface area contributed by atoms with Gasteiger partial charge in [-0.3, -0.25) is 14.4 Å². The molecular formula is C12H21N2O3S. The third-order valence-corrected chi connectivity index (χ3v) is 3.01. The molecule has 0 rings (SSSR count). The lowest BCUT2D eigenvalue weighted by Gasteiger charge is -2.19. The predicted octanol–water partition coefficient (Wildman–Crippen LogP) is 0.495. The summed E-state index contributed by atoms with van der Waals surface area (Å²) in [4.78, 5) is 33.0. The SMILES string of the molecule is CSCCC(NC=O)C(=O)NC([C]=O)CC(C)C. The molecule has 0 aliphatic rings. The van der Waals surface area contributed by atoms with Crippen LogP contribution < -0.4 is 10.6 Å². The average Bonchev–Trinajstić information content (AvgIpc) is 2.32. The summed E-state index contributed by atoms with van der Waals surface area (Å²) < 4.78 is 0. The third-order valence-electron chi connectivity index (χ3n) is 2.36. The maximum Gasteiger partial charge on any atom is 0.243 e. The number of thioether (sulfide) groups is 1. The van der Waals surface area contributed by atoms with Gasteiger partial charge in [0.1, 0.15) is 6.04 Å². The van der Waals surface area contributed by atoms with Crippen molar-refractivity contribution < 1.29 is 14.4 Å². The van der Waals surface area contributed by atoms with Crippen LogP contribution in [-0.4, -0.2) is 42.7 Å². The monoisotopic (exact) mass is 273 g/mol. The van der Waals surface area contributed by atoms with Gasteiger partial charge in [0.05, 0.1) is 6.04 Å². The Labute approximate surface area is 112 Å². The van der Waals surface area contributed by atoms with E-state index >= 15 is 0 Å². The topological polar surface area (TPSA) is 75.3 Å². The summed E-state index contributed by atoms with van der Waals surface area (Å²) in [6, 6.07) is -1.19. The highest BCUT2D eigenvalue weighted by Gasteiger charge is 2.21. The maximum atomic E-state index is 11.9. The lowest BCUT2D eigenvalue weighted by Crippen LogP contribution is -2.48. The van der Waals surface area contributed by atoms with Gasteiger partial charge in [0.2, 0.25) is 18.6 Å². The van der Waals surface area contributed by atoms with E-state index in [9.17, 15) is 14.4 Å². The van der Waals surface area contributed by atoms with Crippen LogP contribution >= 0.6 is 11.8 Å². The summed E-state index contributed by atoms with van der Waals surface area (Å²) in [6.45, 7) is 3.93. The smallest absolute Gasteiger partial charge is 0.243 e. The van der Waals surface area contributed by atoms with Crippen molar-refractivity contribution in [3.05, 3.63) is 0 Å². The number of rotatable bonds is 10. The largest absolute Gasteiger partial charge is 0.347 e. The Balaban J connectivity index is 4.36. The fourth-order valence-electron chi connectivity index (χ4n) is 1.49. The highest BCUT2D eigenvalue weighted by atomic mass is 32.2. The van der Waals surface area contributed by atoms with Crippen molar-refractivity contribution >= 4 is 30.4 Å². The van der Waals surface area contributed by atoms with Gasteiger partial charge in [0, 0.05) is 0 Å². The zero-order valence-electron chi connectivity index (χ0n) is 11.1. The first-order valence-corrected chi connectivity index (χ1v) is 7.31. The molecule has 0 aromatic carbocycles. The molecule has 18 heavy (non-hydrogen) atoms. The molecular weight excluding hydrogens is 252 g/mol. The molecule has 0 fully saturated rings. The van der Waals surface area contributed by atoms with Crippen LogP contribution in [0.15, 0.2) is 0 Å². The molecule has 6 heteroatoms. The van der Waals surface area contributed by atoms with Crippen LogP contribution in [-0.2, 0) is 14.4 Å². The van der Waals surface area contributed by atoms with Crippen LogP contribution in [0.5, 0.6) is 0 Å². The number of hydrogen-bond donors (Lipinski definition) is 2. The zero-order chi connectivity index (χ0) is 14.0. The molecule has 5 nitrogen and oxygen atoms in total. The zero-order valence-corrected chi connectivity index (χ0v) is 11.9. The minimum atomic E-state index is -0.609. The second kappa shape index (κ2) is 9.94. The van der Waals surface area contributed by atoms with E-state index in [1.165, 1.54) is 0 Å². The summed E-state index contributed by atoms with van der Waals surface area (Å²) in [6.07, 6.45) is 5.34. The number of hydrogen-bond acceptors (Lipinski definition) is 4. The molecule has 0 bridgehead atoms. The van der Waals surface area contributed by atoms with Gasteiger partial charge >= 0.3 is 0 Å². The van der Waals surface area contributed by atoms with E-state index in [-0.39, 0.29) is 5.91 Å². The van der Waals surface area contributed by atoms with Crippen LogP contribution in [0.4, 0.5) is 0 Å². The number of carbonyl (C=O) groups excluding carboxylic acids is 3. The first-order valence-electron chi connectivity index (χ1n) is 5.91. The van der Waals surface area contributed by atoms with Crippen LogP contribution in [0.25, 0.3) is 0 Å². The van der Waals surface area contributed by atoms with E-state index < -0.39 is 12.1 Å². The van der Waals surface area contributed by atoms with Crippen LogP contribution in [0.3, 0.4) is 0 Å². The van der Waals surface area contributed by atoms with E-state index in [0.717, 1.165) is 5.75 Å². The molecule has 0 heterocycles. The van der Waals surface area contributed by atoms with Gasteiger partial charge in [0.15, 0.2) is 0 Å². The Morgan fingerprint density at radius 3 is 2.56 bits per heavy atom. The second-order valence-electron chi connectivity index (χ2n) is 4.43. The van der Waals surface area contributed by atoms with Gasteiger partial charge < -0.3 is 10.6 Å². The molecule has 2 N–H and O–H groups in total. The van der Waals surface area contributed by atoms with Crippen LogP contribution in [0.1, 0.15) is 26.7 Å². The van der Waals surface area contributed by atoms with Gasteiger partial charge in [-0.05, 0) is 30.8 Å². The summed E-state index contributed by atoms with van der Waals surface area (Å²) in [5.41, 5.74) is 0. The van der Waals surface area contributed by atoms with Gasteiger partial charge in [-0.15, -0.1) is 0 Å². The minimum absolute atomic E-state index is 0.292. The van der Waals surface area contributed by atoms with E-state index in [2.05, 4.69) is 10.6 Å². The van der Waals surface area contributed by atoms with Crippen molar-refractivity contribution in [1.29, 1.82) is 0 Å². The van der Waals surface area contributed by atoms with Crippen molar-refractivity contribution in [2.45, 2.75) is 38.8 Å². The normalized spacial score (nSPS) is 13.8. The highest BCUT2D eigenvalue weighted by Crippen LogP contribution is 2.05. The number of carbonyl (C=O) groups is 2. The molecule has 103 valence electrons. The Kier molecular flexibility index (Phi) is 9.36. The molecule has 0 saturated carbocycles. The Morgan fingerprint density at radius 2 is 2.11 bits per heavy atom. The second-order valence-corrected chi connectivity index (χ2v) is 5.41.